The van der Waals surface area contributed by atoms with Gasteiger partial charge in [0, 0.05) is 23.7 Å². The molecular formula is C15H16ClN3O. The molecule has 0 radical (unpaired) electrons. The molecule has 0 unspecified atom stereocenters. The SMILES string of the molecule is CCNCc1c(Cn2cc(Cl)cn2)oc2ccccc12. The highest BCUT2D eigenvalue weighted by Gasteiger charge is 2.14. The average Bonchev–Trinajstić information content (AvgIpc) is 3.00. The first-order valence-electron chi connectivity index (χ1n) is 6.66. The zero-order chi connectivity index (χ0) is 13.9. The molecule has 5 heteroatoms. The van der Waals surface area contributed by atoms with Gasteiger partial charge in [-0.3, -0.25) is 4.68 Å². The fourth-order valence-corrected chi connectivity index (χ4v) is 2.45. The van der Waals surface area contributed by atoms with Crippen LogP contribution < -0.4 is 5.32 Å². The minimum atomic E-state index is 0.585. The molecule has 104 valence electrons. The lowest BCUT2D eigenvalue weighted by atomic mass is 10.1. The van der Waals surface area contributed by atoms with Crippen molar-refractivity contribution in [1.82, 2.24) is 15.1 Å². The molecule has 0 aliphatic rings. The predicted octanol–water partition coefficient (Wildman–Crippen LogP) is 3.44. The zero-order valence-electron chi connectivity index (χ0n) is 11.3. The number of para-hydroxylation sites is 1. The quantitative estimate of drug-likeness (QED) is 0.782. The van der Waals surface area contributed by atoms with Gasteiger partial charge in [-0.25, -0.2) is 0 Å². The van der Waals surface area contributed by atoms with Crippen LogP contribution in [-0.2, 0) is 13.1 Å². The molecule has 0 saturated heterocycles. The van der Waals surface area contributed by atoms with E-state index >= 15 is 0 Å². The summed E-state index contributed by atoms with van der Waals surface area (Å²) >= 11 is 5.90. The van der Waals surface area contributed by atoms with Gasteiger partial charge in [0.15, 0.2) is 0 Å². The molecule has 1 N–H and O–H groups in total. The summed E-state index contributed by atoms with van der Waals surface area (Å²) in [7, 11) is 0. The van der Waals surface area contributed by atoms with Gasteiger partial charge < -0.3 is 9.73 Å². The number of aromatic nitrogens is 2. The molecule has 0 atom stereocenters. The van der Waals surface area contributed by atoms with Crippen molar-refractivity contribution in [3.05, 3.63) is 53.0 Å². The average molecular weight is 290 g/mol. The second kappa shape index (κ2) is 5.69. The van der Waals surface area contributed by atoms with Crippen LogP contribution in [0.4, 0.5) is 0 Å². The number of benzene rings is 1. The number of hydrogen-bond donors (Lipinski definition) is 1. The number of halogens is 1. The summed E-state index contributed by atoms with van der Waals surface area (Å²) in [6.45, 7) is 4.39. The Kier molecular flexibility index (Phi) is 3.76. The predicted molar refractivity (Wildman–Crippen MR) is 79.9 cm³/mol. The molecular weight excluding hydrogens is 274 g/mol. The van der Waals surface area contributed by atoms with Crippen LogP contribution in [0.1, 0.15) is 18.2 Å². The van der Waals surface area contributed by atoms with Crippen molar-refractivity contribution in [2.24, 2.45) is 0 Å². The standard InChI is InChI=1S/C15H16ClN3O/c1-2-17-8-13-12-5-3-4-6-14(12)20-15(13)10-19-9-11(16)7-18-19/h3-7,9,17H,2,8,10H2,1H3. The molecule has 0 saturated carbocycles. The minimum Gasteiger partial charge on any atom is -0.459 e. The fraction of sp³-hybridized carbons (Fsp3) is 0.267. The second-order valence-electron chi connectivity index (χ2n) is 4.64. The molecule has 0 fully saturated rings. The summed E-state index contributed by atoms with van der Waals surface area (Å²) in [6.07, 6.45) is 3.43. The van der Waals surface area contributed by atoms with E-state index in [0.29, 0.717) is 11.6 Å². The summed E-state index contributed by atoms with van der Waals surface area (Å²) in [5.41, 5.74) is 2.10. The zero-order valence-corrected chi connectivity index (χ0v) is 12.0. The highest BCUT2D eigenvalue weighted by atomic mass is 35.5. The maximum Gasteiger partial charge on any atom is 0.134 e. The van der Waals surface area contributed by atoms with Gasteiger partial charge >= 0.3 is 0 Å². The molecule has 4 nitrogen and oxygen atoms in total. The van der Waals surface area contributed by atoms with E-state index in [9.17, 15) is 0 Å². The largest absolute Gasteiger partial charge is 0.459 e. The van der Waals surface area contributed by atoms with Gasteiger partial charge in [0.05, 0.1) is 17.8 Å². The molecule has 3 rings (SSSR count). The Morgan fingerprint density at radius 2 is 2.20 bits per heavy atom. The smallest absolute Gasteiger partial charge is 0.134 e. The summed E-state index contributed by atoms with van der Waals surface area (Å²) in [4.78, 5) is 0. The third-order valence-electron chi connectivity index (χ3n) is 3.24. The first kappa shape index (κ1) is 13.2. The van der Waals surface area contributed by atoms with Crippen molar-refractivity contribution in [3.63, 3.8) is 0 Å². The van der Waals surface area contributed by atoms with Crippen molar-refractivity contribution in [2.75, 3.05) is 6.54 Å². The van der Waals surface area contributed by atoms with Gasteiger partial charge in [-0.1, -0.05) is 36.7 Å². The number of rotatable bonds is 5. The first-order valence-corrected chi connectivity index (χ1v) is 7.03. The lowest BCUT2D eigenvalue weighted by Gasteiger charge is -2.04. The van der Waals surface area contributed by atoms with Gasteiger partial charge in [-0.2, -0.15) is 5.10 Å². The van der Waals surface area contributed by atoms with Crippen LogP contribution in [0.5, 0.6) is 0 Å². The maximum absolute atomic E-state index is 5.97. The lowest BCUT2D eigenvalue weighted by molar-refractivity contribution is 0.500. The molecule has 2 aromatic heterocycles. The normalized spacial score (nSPS) is 11.3. The molecule has 2 heterocycles. The topological polar surface area (TPSA) is 43.0 Å². The van der Waals surface area contributed by atoms with Crippen molar-refractivity contribution >= 4 is 22.6 Å². The Morgan fingerprint density at radius 1 is 1.35 bits per heavy atom. The Hall–Kier alpha value is -1.78. The van der Waals surface area contributed by atoms with Crippen LogP contribution in [0.3, 0.4) is 0 Å². The highest BCUT2D eigenvalue weighted by molar-refractivity contribution is 6.30. The highest BCUT2D eigenvalue weighted by Crippen LogP contribution is 2.26. The molecule has 0 bridgehead atoms. The van der Waals surface area contributed by atoms with Crippen LogP contribution in [-0.4, -0.2) is 16.3 Å². The van der Waals surface area contributed by atoms with E-state index in [1.54, 1.807) is 17.1 Å². The van der Waals surface area contributed by atoms with E-state index < -0.39 is 0 Å². The number of nitrogens with zero attached hydrogens (tertiary/aromatic N) is 2. The Morgan fingerprint density at radius 3 is 2.95 bits per heavy atom. The molecule has 0 aliphatic heterocycles. The van der Waals surface area contributed by atoms with Crippen LogP contribution in [0.15, 0.2) is 41.1 Å². The molecule has 0 amide bonds. The summed E-state index contributed by atoms with van der Waals surface area (Å²) < 4.78 is 7.75. The third-order valence-corrected chi connectivity index (χ3v) is 3.44. The van der Waals surface area contributed by atoms with Crippen molar-refractivity contribution in [2.45, 2.75) is 20.0 Å². The van der Waals surface area contributed by atoms with Gasteiger partial charge in [0.25, 0.3) is 0 Å². The van der Waals surface area contributed by atoms with Gasteiger partial charge in [0.2, 0.25) is 0 Å². The molecule has 0 aliphatic carbocycles. The third kappa shape index (κ3) is 2.57. The summed E-state index contributed by atoms with van der Waals surface area (Å²) in [5, 5.41) is 9.35. The van der Waals surface area contributed by atoms with E-state index in [-0.39, 0.29) is 0 Å². The summed E-state index contributed by atoms with van der Waals surface area (Å²) in [6, 6.07) is 8.09. The van der Waals surface area contributed by atoms with E-state index in [4.69, 9.17) is 16.0 Å². The van der Waals surface area contributed by atoms with Crippen molar-refractivity contribution < 1.29 is 4.42 Å². The van der Waals surface area contributed by atoms with E-state index in [2.05, 4.69) is 23.4 Å². The van der Waals surface area contributed by atoms with Crippen LogP contribution >= 0.6 is 11.6 Å². The van der Waals surface area contributed by atoms with Crippen LogP contribution in [0.25, 0.3) is 11.0 Å². The molecule has 20 heavy (non-hydrogen) atoms. The number of nitrogens with one attached hydrogen (secondary N) is 1. The first-order chi connectivity index (χ1) is 9.78. The van der Waals surface area contributed by atoms with Crippen LogP contribution in [0.2, 0.25) is 5.02 Å². The number of hydrogen-bond acceptors (Lipinski definition) is 3. The van der Waals surface area contributed by atoms with E-state index in [0.717, 1.165) is 29.8 Å². The van der Waals surface area contributed by atoms with Crippen LogP contribution in [0, 0.1) is 0 Å². The Bertz CT molecular complexity index is 717. The molecule has 0 spiro atoms. The van der Waals surface area contributed by atoms with Crippen molar-refractivity contribution in [1.29, 1.82) is 0 Å². The maximum atomic E-state index is 5.97. The Labute approximate surface area is 122 Å². The lowest BCUT2D eigenvalue weighted by Crippen LogP contribution is -2.13. The van der Waals surface area contributed by atoms with E-state index in [1.165, 1.54) is 5.56 Å². The monoisotopic (exact) mass is 289 g/mol. The molecule has 3 aromatic rings. The van der Waals surface area contributed by atoms with Gasteiger partial charge in [0.1, 0.15) is 11.3 Å². The Balaban J connectivity index is 1.99. The second-order valence-corrected chi connectivity index (χ2v) is 5.07. The van der Waals surface area contributed by atoms with Gasteiger partial charge in [-0.15, -0.1) is 0 Å². The molecule has 1 aromatic carbocycles. The minimum absolute atomic E-state index is 0.585. The number of furan rings is 1. The van der Waals surface area contributed by atoms with Gasteiger partial charge in [-0.05, 0) is 12.6 Å². The number of fused-ring (bicyclic) bond motifs is 1. The summed E-state index contributed by atoms with van der Waals surface area (Å²) in [5.74, 6) is 0.923. The van der Waals surface area contributed by atoms with E-state index in [1.807, 2.05) is 18.2 Å². The fourth-order valence-electron chi connectivity index (χ4n) is 2.29. The van der Waals surface area contributed by atoms with Crippen molar-refractivity contribution in [3.8, 4) is 0 Å².